The fourth-order valence-electron chi connectivity index (χ4n) is 2.22. The van der Waals surface area contributed by atoms with Crippen molar-refractivity contribution in [3.05, 3.63) is 42.0 Å². The molecular formula is C14H19N3O2. The first-order chi connectivity index (χ1) is 9.22. The molecule has 2 aromatic rings. The monoisotopic (exact) mass is 261 g/mol. The number of rotatable bonds is 5. The molecular weight excluding hydrogens is 242 g/mol. The molecule has 1 aromatic carbocycles. The van der Waals surface area contributed by atoms with E-state index in [0.29, 0.717) is 0 Å². The number of imidazole rings is 1. The number of benzene rings is 1. The van der Waals surface area contributed by atoms with Gasteiger partial charge in [-0.05, 0) is 13.1 Å². The number of nitrogens with zero attached hydrogens (tertiary/aromatic N) is 2. The molecule has 1 aromatic heterocycles. The number of methoxy groups -OCH3 is 2. The summed E-state index contributed by atoms with van der Waals surface area (Å²) in [5.41, 5.74) is 0.999. The summed E-state index contributed by atoms with van der Waals surface area (Å²) in [6, 6.07) is 5.79. The maximum atomic E-state index is 5.49. The average molecular weight is 261 g/mol. The molecule has 102 valence electrons. The van der Waals surface area contributed by atoms with Gasteiger partial charge in [0.25, 0.3) is 0 Å². The van der Waals surface area contributed by atoms with Crippen molar-refractivity contribution in [1.82, 2.24) is 14.9 Å². The summed E-state index contributed by atoms with van der Waals surface area (Å²) in [7, 11) is 7.15. The molecule has 0 radical (unpaired) electrons. The van der Waals surface area contributed by atoms with Crippen LogP contribution in [-0.4, -0.2) is 30.8 Å². The van der Waals surface area contributed by atoms with Gasteiger partial charge in [0.1, 0.15) is 5.82 Å². The minimum absolute atomic E-state index is 0.0509. The standard InChI is InChI=1S/C14H19N3O2/c1-15-12(14-16-8-9-17(14)2)10-6-5-7-11(18-3)13(10)19-4/h5-9,12,15H,1-4H3. The fourth-order valence-corrected chi connectivity index (χ4v) is 2.22. The van der Waals surface area contributed by atoms with Gasteiger partial charge in [-0.1, -0.05) is 12.1 Å². The Hall–Kier alpha value is -2.01. The lowest BCUT2D eigenvalue weighted by Crippen LogP contribution is -2.22. The van der Waals surface area contributed by atoms with Gasteiger partial charge in [0.15, 0.2) is 11.5 Å². The second-order valence-electron chi connectivity index (χ2n) is 4.20. The van der Waals surface area contributed by atoms with Crippen molar-refractivity contribution < 1.29 is 9.47 Å². The van der Waals surface area contributed by atoms with Gasteiger partial charge in [0.05, 0.1) is 20.3 Å². The van der Waals surface area contributed by atoms with Crippen LogP contribution >= 0.6 is 0 Å². The lowest BCUT2D eigenvalue weighted by Gasteiger charge is -2.20. The van der Waals surface area contributed by atoms with Gasteiger partial charge in [-0.15, -0.1) is 0 Å². The van der Waals surface area contributed by atoms with Gasteiger partial charge in [-0.2, -0.15) is 0 Å². The Bertz CT molecular complexity index is 551. The Kier molecular flexibility index (Phi) is 4.06. The molecule has 1 heterocycles. The van der Waals surface area contributed by atoms with Crippen molar-refractivity contribution in [2.24, 2.45) is 7.05 Å². The van der Waals surface area contributed by atoms with E-state index in [2.05, 4.69) is 10.3 Å². The zero-order valence-electron chi connectivity index (χ0n) is 11.7. The fraction of sp³-hybridized carbons (Fsp3) is 0.357. The van der Waals surface area contributed by atoms with Crippen molar-refractivity contribution >= 4 is 0 Å². The maximum absolute atomic E-state index is 5.49. The summed E-state index contributed by atoms with van der Waals surface area (Å²) in [4.78, 5) is 4.40. The lowest BCUT2D eigenvalue weighted by molar-refractivity contribution is 0.348. The third-order valence-corrected chi connectivity index (χ3v) is 3.15. The zero-order chi connectivity index (χ0) is 13.8. The van der Waals surface area contributed by atoms with Crippen LogP contribution in [0.2, 0.25) is 0 Å². The highest BCUT2D eigenvalue weighted by Crippen LogP contribution is 2.36. The number of ether oxygens (including phenoxy) is 2. The van der Waals surface area contributed by atoms with Crippen molar-refractivity contribution in [3.63, 3.8) is 0 Å². The van der Waals surface area contributed by atoms with Gasteiger partial charge in [-0.25, -0.2) is 4.98 Å². The summed E-state index contributed by atoms with van der Waals surface area (Å²) < 4.78 is 12.8. The molecule has 0 saturated carbocycles. The molecule has 0 aliphatic rings. The van der Waals surface area contributed by atoms with Gasteiger partial charge in [0, 0.05) is 25.0 Å². The second kappa shape index (κ2) is 5.75. The van der Waals surface area contributed by atoms with Crippen LogP contribution in [0, 0.1) is 0 Å². The molecule has 1 N–H and O–H groups in total. The number of aryl methyl sites for hydroxylation is 1. The van der Waals surface area contributed by atoms with Gasteiger partial charge >= 0.3 is 0 Å². The van der Waals surface area contributed by atoms with Crippen molar-refractivity contribution in [3.8, 4) is 11.5 Å². The van der Waals surface area contributed by atoms with Crippen molar-refractivity contribution in [2.75, 3.05) is 21.3 Å². The van der Waals surface area contributed by atoms with Crippen LogP contribution in [0.3, 0.4) is 0 Å². The predicted molar refractivity (Wildman–Crippen MR) is 73.7 cm³/mol. The number of aromatic nitrogens is 2. The first-order valence-electron chi connectivity index (χ1n) is 6.08. The molecule has 19 heavy (non-hydrogen) atoms. The van der Waals surface area contributed by atoms with E-state index in [-0.39, 0.29) is 6.04 Å². The third kappa shape index (κ3) is 2.42. The molecule has 5 heteroatoms. The number of para-hydroxylation sites is 1. The molecule has 1 unspecified atom stereocenters. The zero-order valence-corrected chi connectivity index (χ0v) is 11.7. The highest BCUT2D eigenvalue weighted by atomic mass is 16.5. The van der Waals surface area contributed by atoms with Crippen LogP contribution in [0.5, 0.6) is 11.5 Å². The molecule has 0 aliphatic carbocycles. The van der Waals surface area contributed by atoms with Gasteiger partial charge in [-0.3, -0.25) is 0 Å². The molecule has 0 amide bonds. The molecule has 2 rings (SSSR count). The highest BCUT2D eigenvalue weighted by Gasteiger charge is 2.22. The van der Waals surface area contributed by atoms with Crippen LogP contribution in [0.15, 0.2) is 30.6 Å². The quantitative estimate of drug-likeness (QED) is 0.890. The SMILES string of the molecule is CNC(c1cccc(OC)c1OC)c1nccn1C. The van der Waals surface area contributed by atoms with Crippen LogP contribution in [0.1, 0.15) is 17.4 Å². The van der Waals surface area contributed by atoms with E-state index in [1.54, 1.807) is 20.4 Å². The number of hydrogen-bond donors (Lipinski definition) is 1. The number of nitrogens with one attached hydrogen (secondary N) is 1. The topological polar surface area (TPSA) is 48.3 Å². The smallest absolute Gasteiger partial charge is 0.165 e. The van der Waals surface area contributed by atoms with E-state index in [0.717, 1.165) is 22.9 Å². The predicted octanol–water partition coefficient (Wildman–Crippen LogP) is 1.75. The third-order valence-electron chi connectivity index (χ3n) is 3.15. The molecule has 1 atom stereocenters. The average Bonchev–Trinajstić information content (AvgIpc) is 2.85. The van der Waals surface area contributed by atoms with E-state index in [1.165, 1.54) is 0 Å². The lowest BCUT2D eigenvalue weighted by atomic mass is 10.0. The summed E-state index contributed by atoms with van der Waals surface area (Å²) in [6.45, 7) is 0. The molecule has 5 nitrogen and oxygen atoms in total. The Morgan fingerprint density at radius 2 is 2.05 bits per heavy atom. The maximum Gasteiger partial charge on any atom is 0.165 e. The first kappa shape index (κ1) is 13.4. The van der Waals surface area contributed by atoms with E-state index in [1.807, 2.05) is 43.1 Å². The molecule has 0 saturated heterocycles. The molecule has 0 spiro atoms. The second-order valence-corrected chi connectivity index (χ2v) is 4.20. The highest BCUT2D eigenvalue weighted by molar-refractivity contribution is 5.49. The van der Waals surface area contributed by atoms with Crippen LogP contribution < -0.4 is 14.8 Å². The largest absolute Gasteiger partial charge is 0.493 e. The first-order valence-corrected chi connectivity index (χ1v) is 6.08. The van der Waals surface area contributed by atoms with E-state index in [9.17, 15) is 0 Å². The van der Waals surface area contributed by atoms with Crippen molar-refractivity contribution in [2.45, 2.75) is 6.04 Å². The summed E-state index contributed by atoms with van der Waals surface area (Å²) >= 11 is 0. The summed E-state index contributed by atoms with van der Waals surface area (Å²) in [5, 5.41) is 3.27. The molecule has 0 bridgehead atoms. The van der Waals surface area contributed by atoms with E-state index >= 15 is 0 Å². The Morgan fingerprint density at radius 1 is 1.26 bits per heavy atom. The van der Waals surface area contributed by atoms with Gasteiger partial charge < -0.3 is 19.4 Å². The minimum atomic E-state index is -0.0509. The molecule has 0 aliphatic heterocycles. The normalized spacial score (nSPS) is 12.2. The summed E-state index contributed by atoms with van der Waals surface area (Å²) in [5.74, 6) is 2.37. The Labute approximate surface area is 113 Å². The Balaban J connectivity index is 2.53. The van der Waals surface area contributed by atoms with Crippen molar-refractivity contribution in [1.29, 1.82) is 0 Å². The summed E-state index contributed by atoms with van der Waals surface area (Å²) in [6.07, 6.45) is 3.71. The molecule has 0 fully saturated rings. The minimum Gasteiger partial charge on any atom is -0.493 e. The Morgan fingerprint density at radius 3 is 2.58 bits per heavy atom. The van der Waals surface area contributed by atoms with Crippen LogP contribution in [0.25, 0.3) is 0 Å². The van der Waals surface area contributed by atoms with E-state index < -0.39 is 0 Å². The van der Waals surface area contributed by atoms with Crippen LogP contribution in [-0.2, 0) is 7.05 Å². The van der Waals surface area contributed by atoms with E-state index in [4.69, 9.17) is 9.47 Å². The van der Waals surface area contributed by atoms with Gasteiger partial charge in [0.2, 0.25) is 0 Å². The van der Waals surface area contributed by atoms with Crippen LogP contribution in [0.4, 0.5) is 0 Å². The number of hydrogen-bond acceptors (Lipinski definition) is 4.